The van der Waals surface area contributed by atoms with Gasteiger partial charge in [-0.05, 0) is 3.93 Å². The van der Waals surface area contributed by atoms with Crippen molar-refractivity contribution in [2.45, 2.75) is 6.42 Å². The molecule has 1 rings (SSSR count). The Labute approximate surface area is 131 Å². The maximum Gasteiger partial charge on any atom is 0.317 e. The van der Waals surface area contributed by atoms with Crippen molar-refractivity contribution in [1.29, 1.82) is 0 Å². The lowest BCUT2D eigenvalue weighted by molar-refractivity contribution is -0.394. The molecule has 9 nitrogen and oxygen atoms in total. The average molecular weight is 406 g/mol. The van der Waals surface area contributed by atoms with Gasteiger partial charge in [0.05, 0.1) is 22.3 Å². The van der Waals surface area contributed by atoms with Gasteiger partial charge in [-0.25, -0.2) is 0 Å². The number of hydrogen-bond donors (Lipinski definition) is 1. The molecule has 1 aromatic rings. The Morgan fingerprint density at radius 3 is 2.52 bits per heavy atom. The van der Waals surface area contributed by atoms with Gasteiger partial charge in [-0.15, -0.1) is 0 Å². The van der Waals surface area contributed by atoms with Gasteiger partial charge in [0.1, 0.15) is 0 Å². The van der Waals surface area contributed by atoms with E-state index in [1.54, 1.807) is 22.6 Å². The first kappa shape index (κ1) is 16.6. The van der Waals surface area contributed by atoms with Crippen LogP contribution in [0.25, 0.3) is 0 Å². The average Bonchev–Trinajstić information content (AvgIpc) is 2.40. The number of carbonyl (C=O) groups is 1. The van der Waals surface area contributed by atoms with Gasteiger partial charge in [0.25, 0.3) is 5.69 Å². The van der Waals surface area contributed by atoms with Crippen LogP contribution in [-0.4, -0.2) is 27.5 Å². The summed E-state index contributed by atoms with van der Waals surface area (Å²) in [5.41, 5.74) is -1.71. The fourth-order valence-corrected chi connectivity index (χ4v) is 1.55. The van der Waals surface area contributed by atoms with Gasteiger partial charge >= 0.3 is 11.7 Å². The summed E-state index contributed by atoms with van der Waals surface area (Å²) in [7, 11) is 0. The van der Waals surface area contributed by atoms with Crippen molar-refractivity contribution >= 4 is 39.9 Å². The summed E-state index contributed by atoms with van der Waals surface area (Å²) in [6.07, 6.45) is -0.544. The van der Waals surface area contributed by atoms with Crippen LogP contribution in [0.1, 0.15) is 5.56 Å². The van der Waals surface area contributed by atoms with Crippen LogP contribution in [0.4, 0.5) is 11.4 Å². The van der Waals surface area contributed by atoms with Crippen molar-refractivity contribution in [3.05, 3.63) is 37.9 Å². The topological polar surface area (TPSA) is 133 Å². The smallest absolute Gasteiger partial charge is 0.317 e. The Hall–Kier alpha value is -2.42. The quantitative estimate of drug-likeness (QED) is 0.259. The van der Waals surface area contributed by atoms with Gasteiger partial charge in [-0.1, -0.05) is 5.92 Å². The molecule has 0 aliphatic carbocycles. The third kappa shape index (κ3) is 4.56. The molecule has 110 valence electrons. The summed E-state index contributed by atoms with van der Waals surface area (Å²) in [6.45, 7) is -0.181. The molecule has 0 spiro atoms. The maximum atomic E-state index is 11.5. The van der Waals surface area contributed by atoms with E-state index in [4.69, 9.17) is 0 Å². The lowest BCUT2D eigenvalue weighted by Gasteiger charge is -2.05. The number of esters is 1. The summed E-state index contributed by atoms with van der Waals surface area (Å²) in [6, 6.07) is 1.50. The van der Waals surface area contributed by atoms with E-state index < -0.39 is 39.4 Å². The predicted octanol–water partition coefficient (Wildman–Crippen LogP) is 1.69. The van der Waals surface area contributed by atoms with Gasteiger partial charge in [0, 0.05) is 34.2 Å². The molecule has 10 heteroatoms. The minimum atomic E-state index is -0.973. The highest BCUT2D eigenvalue weighted by atomic mass is 127. The monoisotopic (exact) mass is 406 g/mol. The third-order valence-corrected chi connectivity index (χ3v) is 2.65. The molecule has 1 aromatic carbocycles. The summed E-state index contributed by atoms with van der Waals surface area (Å²) in [4.78, 5) is 31.1. The molecule has 0 saturated carbocycles. The van der Waals surface area contributed by atoms with Gasteiger partial charge in [0.2, 0.25) is 0 Å². The zero-order valence-electron chi connectivity index (χ0n) is 10.2. The van der Waals surface area contributed by atoms with Gasteiger partial charge in [-0.2, -0.15) is 0 Å². The first-order valence-electron chi connectivity index (χ1n) is 5.25. The van der Waals surface area contributed by atoms with E-state index in [-0.39, 0.29) is 12.2 Å². The molecule has 0 aromatic heterocycles. The number of phenolic OH excluding ortho intramolecular Hbond substituents is 1. The van der Waals surface area contributed by atoms with E-state index in [0.29, 0.717) is 6.07 Å². The van der Waals surface area contributed by atoms with Crippen molar-refractivity contribution in [3.8, 4) is 15.6 Å². The molecular formula is C11H7IN2O7. The van der Waals surface area contributed by atoms with Crippen LogP contribution in [0.3, 0.4) is 0 Å². The van der Waals surface area contributed by atoms with E-state index >= 15 is 0 Å². The normalized spacial score (nSPS) is 9.38. The standard InChI is InChI=1S/C11H7IN2O7/c12-2-1-3-21-10(15)5-7-4-8(13(17)18)6-9(11(7)16)14(19)20/h4,6,16H,3,5H2. The second kappa shape index (κ2) is 7.39. The Morgan fingerprint density at radius 1 is 1.33 bits per heavy atom. The van der Waals surface area contributed by atoms with Crippen molar-refractivity contribution in [2.24, 2.45) is 0 Å². The maximum absolute atomic E-state index is 11.5. The minimum absolute atomic E-state index is 0.181. The summed E-state index contributed by atoms with van der Waals surface area (Å²) in [5.74, 6) is 0.830. The van der Waals surface area contributed by atoms with Crippen LogP contribution in [0, 0.1) is 30.1 Å². The van der Waals surface area contributed by atoms with E-state index in [2.05, 4.69) is 14.6 Å². The lowest BCUT2D eigenvalue weighted by atomic mass is 10.1. The number of ether oxygens (including phenoxy) is 1. The number of hydrogen-bond acceptors (Lipinski definition) is 7. The van der Waals surface area contributed by atoms with Crippen LogP contribution in [-0.2, 0) is 16.0 Å². The molecular weight excluding hydrogens is 399 g/mol. The van der Waals surface area contributed by atoms with E-state index in [1.807, 2.05) is 0 Å². The molecule has 0 amide bonds. The first-order chi connectivity index (χ1) is 9.86. The number of carbonyl (C=O) groups excluding carboxylic acids is 1. The van der Waals surface area contributed by atoms with Crippen molar-refractivity contribution in [1.82, 2.24) is 0 Å². The number of rotatable bonds is 5. The van der Waals surface area contributed by atoms with Gasteiger partial charge in [0.15, 0.2) is 12.4 Å². The molecule has 0 aliphatic rings. The number of benzene rings is 1. The Bertz CT molecular complexity index is 663. The minimum Gasteiger partial charge on any atom is -0.502 e. The molecule has 0 fully saturated rings. The summed E-state index contributed by atoms with van der Waals surface area (Å²) < 4.78 is 7.14. The second-order valence-electron chi connectivity index (χ2n) is 3.60. The fourth-order valence-electron chi connectivity index (χ4n) is 1.39. The highest BCUT2D eigenvalue weighted by Gasteiger charge is 2.25. The number of aromatic hydroxyl groups is 1. The van der Waals surface area contributed by atoms with E-state index in [1.165, 1.54) is 0 Å². The fraction of sp³-hybridized carbons (Fsp3) is 0.182. The second-order valence-corrected chi connectivity index (χ2v) is 4.13. The SMILES string of the molecule is O=C(Cc1cc([N+](=O)[O-])cc([N+](=O)[O-])c1O)OCC#CI. The molecule has 0 aliphatic heterocycles. The molecule has 0 atom stereocenters. The highest BCUT2D eigenvalue weighted by Crippen LogP contribution is 2.34. The van der Waals surface area contributed by atoms with Crippen LogP contribution >= 0.6 is 22.6 Å². The van der Waals surface area contributed by atoms with Crippen LogP contribution in [0.2, 0.25) is 0 Å². The molecule has 0 saturated heterocycles. The zero-order chi connectivity index (χ0) is 16.0. The van der Waals surface area contributed by atoms with Crippen molar-refractivity contribution < 1.29 is 24.5 Å². The van der Waals surface area contributed by atoms with E-state index in [9.17, 15) is 30.1 Å². The largest absolute Gasteiger partial charge is 0.502 e. The number of non-ortho nitro benzene ring substituents is 1. The van der Waals surface area contributed by atoms with Crippen LogP contribution < -0.4 is 0 Å². The summed E-state index contributed by atoms with van der Waals surface area (Å²) in [5, 5.41) is 31.1. The number of nitrogens with zero attached hydrogens (tertiary/aromatic N) is 2. The Balaban J connectivity index is 3.09. The molecule has 0 heterocycles. The van der Waals surface area contributed by atoms with Crippen molar-refractivity contribution in [2.75, 3.05) is 6.61 Å². The number of nitro groups is 2. The zero-order valence-corrected chi connectivity index (χ0v) is 12.4. The molecule has 0 unspecified atom stereocenters. The lowest BCUT2D eigenvalue weighted by Crippen LogP contribution is -2.09. The number of nitro benzene ring substituents is 2. The molecule has 0 radical (unpaired) electrons. The Morgan fingerprint density at radius 2 is 2.00 bits per heavy atom. The highest BCUT2D eigenvalue weighted by molar-refractivity contribution is 14.1. The molecule has 0 bridgehead atoms. The number of phenols is 1. The van der Waals surface area contributed by atoms with Crippen LogP contribution in [0.5, 0.6) is 5.75 Å². The predicted molar refractivity (Wildman–Crippen MR) is 77.9 cm³/mol. The Kier molecular flexibility index (Phi) is 5.85. The third-order valence-electron chi connectivity index (χ3n) is 2.27. The van der Waals surface area contributed by atoms with Gasteiger partial charge in [-0.3, -0.25) is 25.0 Å². The van der Waals surface area contributed by atoms with E-state index in [0.717, 1.165) is 6.07 Å². The molecule has 21 heavy (non-hydrogen) atoms. The van der Waals surface area contributed by atoms with Crippen LogP contribution in [0.15, 0.2) is 12.1 Å². The van der Waals surface area contributed by atoms with Gasteiger partial charge < -0.3 is 9.84 Å². The molecule has 1 N–H and O–H groups in total. The van der Waals surface area contributed by atoms with Crippen molar-refractivity contribution in [3.63, 3.8) is 0 Å². The first-order valence-corrected chi connectivity index (χ1v) is 6.33. The summed E-state index contributed by atoms with van der Waals surface area (Å²) >= 11 is 1.74. The number of halogens is 1.